The highest BCUT2D eigenvalue weighted by molar-refractivity contribution is 7.48. The van der Waals surface area contributed by atoms with E-state index in [-0.39, 0.29) is 13.2 Å². The molecule has 1 saturated carbocycles. The van der Waals surface area contributed by atoms with Crippen molar-refractivity contribution in [3.63, 3.8) is 0 Å². The average molecular weight is 641 g/mol. The molecule has 1 unspecified atom stereocenters. The molecule has 0 amide bonds. The van der Waals surface area contributed by atoms with E-state index in [2.05, 4.69) is 13.8 Å². The molecule has 0 radical (unpaired) electrons. The van der Waals surface area contributed by atoms with Gasteiger partial charge in [0.2, 0.25) is 0 Å². The second-order valence-electron chi connectivity index (χ2n) is 12.5. The molecule has 3 aliphatic heterocycles. The maximum atomic E-state index is 14.1. The summed E-state index contributed by atoms with van der Waals surface area (Å²) in [5, 5.41) is 11.1. The number of aliphatic hydroxyl groups excluding tert-OH is 1. The first-order chi connectivity index (χ1) is 21.5. The van der Waals surface area contributed by atoms with Crippen LogP contribution in [-0.2, 0) is 43.7 Å². The maximum Gasteiger partial charge on any atom is 0.475 e. The molecule has 7 atom stereocenters. The zero-order valence-electron chi connectivity index (χ0n) is 27.0. The molecule has 1 aromatic carbocycles. The number of hydrogen-bond acceptors (Lipinski definition) is 9. The summed E-state index contributed by atoms with van der Waals surface area (Å²) in [4.78, 5) is 0. The monoisotopic (exact) mass is 640 g/mol. The van der Waals surface area contributed by atoms with Crippen LogP contribution in [0.4, 0.5) is 0 Å². The van der Waals surface area contributed by atoms with Crippen molar-refractivity contribution in [1.82, 2.24) is 0 Å². The molecule has 9 nitrogen and oxygen atoms in total. The van der Waals surface area contributed by atoms with Crippen LogP contribution in [0, 0.1) is 0 Å². The van der Waals surface area contributed by atoms with E-state index in [0.29, 0.717) is 6.61 Å². The first kappa shape index (κ1) is 36.0. The molecule has 4 fully saturated rings. The van der Waals surface area contributed by atoms with Gasteiger partial charge in [-0.05, 0) is 18.4 Å². The number of rotatable bonds is 25. The first-order valence-corrected chi connectivity index (χ1v) is 18.9. The number of unbranched alkanes of at least 4 members (excludes halogenated alkanes) is 14. The molecule has 3 saturated heterocycles. The summed E-state index contributed by atoms with van der Waals surface area (Å²) >= 11 is 0. The van der Waals surface area contributed by atoms with Gasteiger partial charge in [0.1, 0.15) is 36.6 Å². The minimum Gasteiger partial charge on any atom is -0.387 e. The van der Waals surface area contributed by atoms with E-state index in [9.17, 15) is 9.67 Å². The summed E-state index contributed by atoms with van der Waals surface area (Å²) in [5.41, 5.74) is 0.984. The van der Waals surface area contributed by atoms with Crippen LogP contribution in [0.5, 0.6) is 0 Å². The number of benzene rings is 1. The van der Waals surface area contributed by atoms with Crippen LogP contribution in [0.2, 0.25) is 0 Å². The molecule has 1 N–H and O–H groups in total. The van der Waals surface area contributed by atoms with Gasteiger partial charge >= 0.3 is 7.82 Å². The summed E-state index contributed by atoms with van der Waals surface area (Å²) in [6.45, 7) is 4.38. The summed E-state index contributed by atoms with van der Waals surface area (Å²) in [5.74, 6) is 0. The van der Waals surface area contributed by atoms with Crippen molar-refractivity contribution < 1.29 is 42.2 Å². The molecule has 252 valence electrons. The van der Waals surface area contributed by atoms with Gasteiger partial charge in [-0.1, -0.05) is 134 Å². The Morgan fingerprint density at radius 1 is 0.659 bits per heavy atom. The second-order valence-corrected chi connectivity index (χ2v) is 14.1. The lowest BCUT2D eigenvalue weighted by molar-refractivity contribution is -0.482. The van der Waals surface area contributed by atoms with E-state index in [0.717, 1.165) is 44.1 Å². The molecule has 1 aromatic rings. The Balaban J connectivity index is 1.32. The van der Waals surface area contributed by atoms with Crippen molar-refractivity contribution in [1.29, 1.82) is 0 Å². The van der Waals surface area contributed by atoms with Crippen LogP contribution >= 0.6 is 7.82 Å². The molecule has 0 spiro atoms. The van der Waals surface area contributed by atoms with Gasteiger partial charge in [0.05, 0.1) is 19.8 Å². The van der Waals surface area contributed by atoms with Gasteiger partial charge in [0.15, 0.2) is 0 Å². The number of phosphoric acid groups is 1. The van der Waals surface area contributed by atoms with E-state index in [4.69, 9.17) is 32.5 Å². The van der Waals surface area contributed by atoms with Crippen molar-refractivity contribution in [3.05, 3.63) is 35.9 Å². The zero-order valence-corrected chi connectivity index (χ0v) is 27.9. The van der Waals surface area contributed by atoms with E-state index in [1.165, 1.54) is 64.2 Å². The topological polar surface area (TPSA) is 102 Å². The predicted molar refractivity (Wildman–Crippen MR) is 169 cm³/mol. The minimum atomic E-state index is -3.99. The molecule has 4 aliphatic rings. The third-order valence-corrected chi connectivity index (χ3v) is 10.3. The lowest BCUT2D eigenvalue weighted by Crippen LogP contribution is -2.75. The Bertz CT molecular complexity index is 924. The molecule has 44 heavy (non-hydrogen) atoms. The van der Waals surface area contributed by atoms with Gasteiger partial charge in [-0.3, -0.25) is 13.6 Å². The summed E-state index contributed by atoms with van der Waals surface area (Å²) in [7, 11) is -3.99. The Morgan fingerprint density at radius 3 is 1.68 bits per heavy atom. The maximum absolute atomic E-state index is 14.1. The third kappa shape index (κ3) is 11.1. The largest absolute Gasteiger partial charge is 0.475 e. The lowest BCUT2D eigenvalue weighted by atomic mass is 9.82. The van der Waals surface area contributed by atoms with Gasteiger partial charge < -0.3 is 24.1 Å². The van der Waals surface area contributed by atoms with Crippen LogP contribution in [0.3, 0.4) is 0 Å². The Morgan fingerprint density at radius 2 is 1.14 bits per heavy atom. The van der Waals surface area contributed by atoms with Crippen LogP contribution in [0.1, 0.15) is 122 Å². The summed E-state index contributed by atoms with van der Waals surface area (Å²) in [6, 6.07) is 9.78. The van der Waals surface area contributed by atoms with Crippen LogP contribution in [0.15, 0.2) is 30.3 Å². The second kappa shape index (κ2) is 19.7. The molecule has 1 aliphatic carbocycles. The Kier molecular flexibility index (Phi) is 16.1. The van der Waals surface area contributed by atoms with Crippen LogP contribution < -0.4 is 0 Å². The molecular formula is C34H57O9P. The van der Waals surface area contributed by atoms with Crippen molar-refractivity contribution >= 4 is 7.82 Å². The van der Waals surface area contributed by atoms with Gasteiger partial charge in [-0.25, -0.2) is 4.57 Å². The van der Waals surface area contributed by atoms with Crippen molar-refractivity contribution in [3.8, 4) is 0 Å². The molecule has 3 heterocycles. The highest BCUT2D eigenvalue weighted by atomic mass is 31.2. The first-order valence-electron chi connectivity index (χ1n) is 17.4. The SMILES string of the molecule is CCCCCCCCCCOP(=O)(OCCCCCCCCCC)O[C@@H]1[C@@H]2OC3O[C@H]([C@@H](O)[C@@H]1O3)[C@@H]2OCc1ccccc1. The average Bonchev–Trinajstić information content (AvgIpc) is 3.03. The summed E-state index contributed by atoms with van der Waals surface area (Å²) < 4.78 is 55.8. The number of hydrogen-bond donors (Lipinski definition) is 1. The lowest BCUT2D eigenvalue weighted by Gasteiger charge is -2.57. The van der Waals surface area contributed by atoms with Crippen molar-refractivity contribution in [2.24, 2.45) is 0 Å². The standard InChI is InChI=1S/C34H57O9P/c1-3-5-7-9-11-13-15-20-24-38-44(36,39-25-21-16-14-12-10-8-6-4-2)43-33-30-28(35)29-31(32(33)42-34(40-29)41-30)37-26-27-22-18-17-19-23-27/h17-19,22-23,28-35H,3-16,20-21,24-26H2,1-2H3/t28-,29-,30+,31+,32-,33+,34?/m1/s1. The van der Waals surface area contributed by atoms with Gasteiger partial charge in [-0.2, -0.15) is 0 Å². The van der Waals surface area contributed by atoms with Gasteiger partial charge in [-0.15, -0.1) is 0 Å². The molecular weight excluding hydrogens is 583 g/mol. The molecule has 5 rings (SSSR count). The van der Waals surface area contributed by atoms with E-state index in [1.807, 2.05) is 30.3 Å². The minimum absolute atomic E-state index is 0.276. The highest BCUT2D eigenvalue weighted by Crippen LogP contribution is 2.55. The summed E-state index contributed by atoms with van der Waals surface area (Å²) in [6.07, 6.45) is 13.7. The zero-order chi connectivity index (χ0) is 31.0. The van der Waals surface area contributed by atoms with E-state index >= 15 is 0 Å². The Labute approximate surface area is 265 Å². The molecule has 10 heteroatoms. The number of ether oxygens (including phenoxy) is 4. The number of phosphoric ester groups is 1. The van der Waals surface area contributed by atoms with Gasteiger partial charge in [0.25, 0.3) is 6.48 Å². The van der Waals surface area contributed by atoms with Crippen molar-refractivity contribution in [2.45, 2.75) is 166 Å². The van der Waals surface area contributed by atoms with Crippen molar-refractivity contribution in [2.75, 3.05) is 13.2 Å². The van der Waals surface area contributed by atoms with E-state index in [1.54, 1.807) is 0 Å². The molecule has 4 bridgehead atoms. The fourth-order valence-electron chi connectivity index (χ4n) is 6.24. The normalized spacial score (nSPS) is 27.8. The smallest absolute Gasteiger partial charge is 0.387 e. The van der Waals surface area contributed by atoms with E-state index < -0.39 is 50.9 Å². The fraction of sp³-hybridized carbons (Fsp3) is 0.824. The highest BCUT2D eigenvalue weighted by Gasteiger charge is 2.64. The third-order valence-electron chi connectivity index (χ3n) is 8.80. The quantitative estimate of drug-likeness (QED) is 0.0837. The Hall–Kier alpha value is -0.870. The van der Waals surface area contributed by atoms with Crippen LogP contribution in [-0.4, -0.2) is 61.4 Å². The number of aliphatic hydroxyl groups is 1. The molecule has 0 aromatic heterocycles. The van der Waals surface area contributed by atoms with Crippen LogP contribution in [0.25, 0.3) is 0 Å². The van der Waals surface area contributed by atoms with Gasteiger partial charge in [0, 0.05) is 0 Å². The predicted octanol–water partition coefficient (Wildman–Crippen LogP) is 8.22. The fourth-order valence-corrected chi connectivity index (χ4v) is 7.68.